The van der Waals surface area contributed by atoms with Crippen LogP contribution in [-0.2, 0) is 22.4 Å². The molecule has 0 aromatic heterocycles. The van der Waals surface area contributed by atoms with Gasteiger partial charge in [-0.2, -0.15) is 0 Å². The van der Waals surface area contributed by atoms with Gasteiger partial charge in [0.15, 0.2) is 0 Å². The third kappa shape index (κ3) is 59.9. The summed E-state index contributed by atoms with van der Waals surface area (Å²) >= 11 is 17.2. The summed E-state index contributed by atoms with van der Waals surface area (Å²) in [5, 5.41) is 119. The van der Waals surface area contributed by atoms with E-state index in [1.165, 1.54) is 39.4 Å². The van der Waals surface area contributed by atoms with E-state index in [-0.39, 0.29) is 245 Å². The van der Waals surface area contributed by atoms with Crippen molar-refractivity contribution in [1.82, 2.24) is 0 Å². The zero-order valence-electron chi connectivity index (χ0n) is 55.1. The largest absolute Gasteiger partial charge is 1.00 e. The van der Waals surface area contributed by atoms with Crippen LogP contribution < -0.4 is 129 Å². The molecule has 0 fully saturated rings. The summed E-state index contributed by atoms with van der Waals surface area (Å²) in [5.74, 6) is 0. The molecule has 3 N–H and O–H groups in total. The Balaban J connectivity index is -0.0000000615. The number of nitrogens with zero attached hydrogens (tertiary/aromatic N) is 9. The third-order valence-electron chi connectivity index (χ3n) is 12.2. The van der Waals surface area contributed by atoms with Gasteiger partial charge in [0.1, 0.15) is 31.0 Å². The van der Waals surface area contributed by atoms with Crippen LogP contribution in [0.5, 0.6) is 0 Å². The van der Waals surface area contributed by atoms with Gasteiger partial charge < -0.3 is 71.7 Å². The Morgan fingerprint density at radius 3 is 0.775 bits per heavy atom. The first-order valence-corrected chi connectivity index (χ1v) is 37.4. The minimum atomic E-state index is -1.75. The van der Waals surface area contributed by atoms with Crippen LogP contribution in [0.1, 0.15) is 79.8 Å². The van der Waals surface area contributed by atoms with Gasteiger partial charge in [-0.3, -0.25) is 40.5 Å². The number of rotatable bonds is 11. The Bertz CT molecular complexity index is 3550. The summed E-state index contributed by atoms with van der Waals surface area (Å²) in [7, 11) is -4.63. The predicted octanol–water partition coefficient (Wildman–Crippen LogP) is 10.9. The number of halogens is 5. The molecule has 0 aliphatic carbocycles. The van der Waals surface area contributed by atoms with Gasteiger partial charge in [0, 0.05) is 39.7 Å². The summed E-state index contributed by atoms with van der Waals surface area (Å²) in [6, 6.07) is 60.9. The number of nitrogen functional groups attached to an aromatic ring is 1. The average Bonchev–Trinajstić information content (AvgIpc) is 0.808. The second-order valence-corrected chi connectivity index (χ2v) is 34.9. The van der Waals surface area contributed by atoms with Gasteiger partial charge in [-0.25, -0.2) is 0 Å². The van der Waals surface area contributed by atoms with Crippen LogP contribution in [-0.4, -0.2) is 98.6 Å². The Labute approximate surface area is 754 Å². The molecular weight excluding hydrogens is 1750 g/mol. The molecule has 0 spiro atoms. The van der Waals surface area contributed by atoms with Crippen molar-refractivity contribution in [1.29, 1.82) is 0 Å². The normalized spacial score (nSPS) is 8.55. The van der Waals surface area contributed by atoms with Crippen LogP contribution >= 0.6 is 76.9 Å². The molecule has 0 aliphatic rings. The molecule has 0 amide bonds. The van der Waals surface area contributed by atoms with E-state index in [4.69, 9.17) is 112 Å². The second-order valence-electron chi connectivity index (χ2n) is 19.6. The third-order valence-corrected chi connectivity index (χ3v) is 24.0. The van der Waals surface area contributed by atoms with Crippen LogP contribution in [0.3, 0.4) is 0 Å². The average molecular weight is 1850 g/mol. The van der Waals surface area contributed by atoms with Crippen molar-refractivity contribution in [3.8, 4) is 0 Å². The quantitative estimate of drug-likeness (QED) is 0.0303. The molecule has 8 aromatic rings. The molecular formula is C67H103AgCl4FKN10NaO22P4. The first-order chi connectivity index (χ1) is 44.5. The van der Waals surface area contributed by atoms with Crippen LogP contribution in [0.2, 0.25) is 15.1 Å². The van der Waals surface area contributed by atoms with Crippen molar-refractivity contribution in [3.05, 3.63) is 321 Å². The molecule has 0 unspecified atom stereocenters. The number of nitro groups is 4. The topological polar surface area (TPSA) is 513 Å². The van der Waals surface area contributed by atoms with E-state index in [0.717, 1.165) is 21.3 Å². The maximum absolute atomic E-state index is 11.1. The van der Waals surface area contributed by atoms with E-state index >= 15 is 0 Å². The van der Waals surface area contributed by atoms with E-state index in [0.29, 0.717) is 11.3 Å². The molecule has 32 nitrogen and oxygen atoms in total. The smallest absolute Gasteiger partial charge is 1.00 e. The standard InChI is InChI=1S/C15H17NO2P.2C14H14ClNO2P.C8H11P.C6H5ClN2O2.10CH4.Ag.ClH.FH.K.HNO3.3NO3.HNO2.Na/c1-12-9-10-14(11-15(12)16(17)18)19(2,3)13-7-5-4-6-8-13;2*1-19(2,11-6-4-3-5-7-11)12-8-9-13(15)14(10-12)16(17)18;1-9(2)8-6-4-3-5-7-8;7-5-2-1-4(8)3-6(5)9(10)11;;;;;;;;;;;;;;;4*2-1(3)4;2-1-3;/h4-11H,1-3H3;2*3-10H,1-2H3;3-7H,1-2H3;1-3H,8H2;10*1H4;;2*1H;;(H,2,3,4);;;;(H,2,3);/q3*+1;;;;;;;;;;;;;;;;+1;;3*-1;;+1/p-2/i;;;;;;;;;;;;;;;;;1-1;;;;;;;. The Kier molecular flexibility index (Phi) is 100. The molecule has 111 heavy (non-hydrogen) atoms. The first kappa shape index (κ1) is 146. The number of hydrogen-bond donors (Lipinski definition) is 2. The maximum atomic E-state index is 11.1. The number of anilines is 1. The van der Waals surface area contributed by atoms with Gasteiger partial charge in [0.05, 0.1) is 131 Å². The second kappa shape index (κ2) is 76.2. The molecule has 0 heterocycles. The predicted molar refractivity (Wildman–Crippen MR) is 458 cm³/mol. The molecule has 0 aliphatic heterocycles. The van der Waals surface area contributed by atoms with Crippen molar-refractivity contribution in [2.75, 3.05) is 59.1 Å². The summed E-state index contributed by atoms with van der Waals surface area (Å²) in [6.07, 6.45) is 0. The van der Waals surface area contributed by atoms with E-state index in [1.54, 1.807) is 37.3 Å². The Morgan fingerprint density at radius 2 is 0.577 bits per heavy atom. The Hall–Kier alpha value is -6.45. The minimum absolute atomic E-state index is 0. The molecule has 0 saturated carbocycles. The van der Waals surface area contributed by atoms with Crippen molar-refractivity contribution in [3.63, 3.8) is 0 Å². The summed E-state index contributed by atoms with van der Waals surface area (Å²) in [5.41, 5.74) is 6.35. The molecule has 1 radical (unpaired) electrons. The molecule has 621 valence electrons. The van der Waals surface area contributed by atoms with Gasteiger partial charge in [0.25, 0.3) is 27.8 Å². The van der Waals surface area contributed by atoms with E-state index in [2.05, 4.69) is 120 Å². The van der Waals surface area contributed by atoms with Crippen molar-refractivity contribution in [2.45, 2.75) is 81.2 Å². The number of nitro benzene ring substituents is 4. The number of aryl methyl sites for hydroxylation is 1. The first-order valence-electron chi connectivity index (χ1n) is 26.0. The molecule has 44 heteroatoms. The van der Waals surface area contributed by atoms with Gasteiger partial charge in [-0.1, -0.05) is 202 Å². The molecule has 8 aromatic carbocycles. The van der Waals surface area contributed by atoms with Crippen LogP contribution in [0.15, 0.2) is 199 Å². The minimum Gasteiger partial charge on any atom is -1.00 e. The number of hydrogen-bond acceptors (Lipinski definition) is 23. The van der Waals surface area contributed by atoms with E-state index in [9.17, 15) is 40.5 Å². The fourth-order valence-electron chi connectivity index (χ4n) is 7.36. The molecule has 0 saturated heterocycles. The van der Waals surface area contributed by atoms with Crippen LogP contribution in [0.25, 0.3) is 0 Å². The van der Waals surface area contributed by atoms with Gasteiger partial charge in [0.2, 0.25) is 0 Å². The van der Waals surface area contributed by atoms with E-state index < -0.39 is 56.9 Å². The molecule has 0 bridgehead atoms. The summed E-state index contributed by atoms with van der Waals surface area (Å²) < 4.78 is 0. The van der Waals surface area contributed by atoms with Crippen molar-refractivity contribution >= 4 is 142 Å². The SMILES string of the molecule is C.C.C.C.C.C.C.C.C.C.CP(C)c1ccccc1.C[P+](C)(c1ccccc1)c1ccc(Cl)c([N+](=O)[O-])c1.C[P+](C)(c1ccccc1)c1ccc(Cl)c([N+](=O)[O-])c1.Cc1ccc([P+](C)(C)c2ccccc2)cc1[N+](=O)[O-].Cl.Nc1ccc(Cl)c([N+](=O)[O-])c1.O=N[O-].O=[N+]([O-])O.O=[N+]([O-])[O-].O=[N+]([O-])[O-].O=[N+]([O-])[O-].[18F-].[Ag].[K+].[Na+]. The van der Waals surface area contributed by atoms with Gasteiger partial charge in [-0.15, -0.1) is 27.9 Å². The monoisotopic (exact) mass is 1850 g/mol. The zero-order valence-corrected chi connectivity index (χ0v) is 68.4. The number of benzene rings is 8. The van der Waals surface area contributed by atoms with Crippen molar-refractivity contribution in [2.24, 2.45) is 5.34 Å². The fourth-order valence-corrected chi connectivity index (χ4v) is 15.0. The summed E-state index contributed by atoms with van der Waals surface area (Å²) in [6.45, 7) is 19.3. The molecule has 0 atom stereocenters. The molecule has 8 rings (SSSR count). The Morgan fingerprint density at radius 1 is 0.387 bits per heavy atom. The van der Waals surface area contributed by atoms with Crippen molar-refractivity contribution < 1.29 is 153 Å². The van der Waals surface area contributed by atoms with E-state index in [1.807, 2.05) is 78.9 Å². The number of nitrogens with two attached hydrogens (primary N) is 1. The summed E-state index contributed by atoms with van der Waals surface area (Å²) in [4.78, 5) is 82.6. The van der Waals surface area contributed by atoms with Crippen LogP contribution in [0.4, 0.5) is 28.4 Å². The fraction of sp³-hybridized carbons (Fsp3) is 0.284. The zero-order chi connectivity index (χ0) is 74.3. The van der Waals surface area contributed by atoms with Crippen LogP contribution in [0, 0.1) is 114 Å². The maximum Gasteiger partial charge on any atom is 1.00 e. The van der Waals surface area contributed by atoms with Gasteiger partial charge >= 0.3 is 80.9 Å². The van der Waals surface area contributed by atoms with Gasteiger partial charge in [-0.05, 0) is 110 Å².